The third-order valence-corrected chi connectivity index (χ3v) is 8.30. The molecule has 206 valence electrons. The largest absolute Gasteiger partial charge is 0.493 e. The number of hydrogen-bond donors (Lipinski definition) is 0. The molecule has 5 heteroatoms. The molecular weight excluding hydrogens is 482 g/mol. The van der Waals surface area contributed by atoms with Crippen molar-refractivity contribution >= 4 is 16.6 Å². The number of nitrogens with zero attached hydrogens (tertiary/aromatic N) is 3. The van der Waals surface area contributed by atoms with Gasteiger partial charge >= 0.3 is 0 Å². The summed E-state index contributed by atoms with van der Waals surface area (Å²) in [4.78, 5) is 7.37. The summed E-state index contributed by atoms with van der Waals surface area (Å²) in [5.74, 6) is 0.891. The lowest BCUT2D eigenvalue weighted by Crippen LogP contribution is -2.31. The van der Waals surface area contributed by atoms with Gasteiger partial charge in [0.05, 0.1) is 18.9 Å². The lowest BCUT2D eigenvalue weighted by Gasteiger charge is -2.33. The maximum absolute atomic E-state index is 7.00. The van der Waals surface area contributed by atoms with E-state index in [0.29, 0.717) is 13.2 Å². The molecule has 0 spiro atoms. The molecule has 5 rings (SSSR count). The van der Waals surface area contributed by atoms with Crippen LogP contribution in [0.3, 0.4) is 0 Å². The fourth-order valence-electron chi connectivity index (χ4n) is 6.36. The Kier molecular flexibility index (Phi) is 8.27. The molecule has 0 radical (unpaired) electrons. The highest BCUT2D eigenvalue weighted by molar-refractivity contribution is 5.88. The Bertz CT molecular complexity index is 1420. The monoisotopic (exact) mass is 525 g/mol. The van der Waals surface area contributed by atoms with Gasteiger partial charge < -0.3 is 18.9 Å². The minimum absolute atomic E-state index is 0.516. The van der Waals surface area contributed by atoms with E-state index in [1.165, 1.54) is 47.1 Å². The fourth-order valence-corrected chi connectivity index (χ4v) is 6.36. The van der Waals surface area contributed by atoms with Crippen molar-refractivity contribution in [2.45, 2.75) is 79.1 Å². The zero-order chi connectivity index (χ0) is 27.4. The summed E-state index contributed by atoms with van der Waals surface area (Å²) in [6.07, 6.45) is 6.56. The SMILES string of the molecule is CCCCCCOc1cc(N(CC)CC)ccc1C1(c2c(C)n(CC)c3ccccc23)OCc2cccnc21. The van der Waals surface area contributed by atoms with Gasteiger partial charge in [0.2, 0.25) is 0 Å². The molecule has 0 bridgehead atoms. The Balaban J connectivity index is 1.76. The van der Waals surface area contributed by atoms with Crippen LogP contribution in [0, 0.1) is 6.92 Å². The van der Waals surface area contributed by atoms with Crippen molar-refractivity contribution in [3.63, 3.8) is 0 Å². The summed E-state index contributed by atoms with van der Waals surface area (Å²) in [7, 11) is 0. The van der Waals surface area contributed by atoms with Crippen molar-refractivity contribution in [3.8, 4) is 5.75 Å². The lowest BCUT2D eigenvalue weighted by atomic mass is 9.80. The van der Waals surface area contributed by atoms with E-state index in [4.69, 9.17) is 14.5 Å². The van der Waals surface area contributed by atoms with E-state index < -0.39 is 5.60 Å². The van der Waals surface area contributed by atoms with Crippen LogP contribution in [0.15, 0.2) is 60.8 Å². The Morgan fingerprint density at radius 2 is 1.79 bits per heavy atom. The van der Waals surface area contributed by atoms with Crippen LogP contribution in [-0.4, -0.2) is 29.2 Å². The summed E-state index contributed by atoms with van der Waals surface area (Å²) >= 11 is 0. The minimum Gasteiger partial charge on any atom is -0.493 e. The second-order valence-corrected chi connectivity index (χ2v) is 10.5. The first-order valence-electron chi connectivity index (χ1n) is 14.8. The van der Waals surface area contributed by atoms with E-state index >= 15 is 0 Å². The van der Waals surface area contributed by atoms with Crippen LogP contribution in [0.2, 0.25) is 0 Å². The molecule has 0 amide bonds. The summed E-state index contributed by atoms with van der Waals surface area (Å²) in [6, 6.07) is 19.5. The number of fused-ring (bicyclic) bond motifs is 2. The zero-order valence-electron chi connectivity index (χ0n) is 24.3. The number of hydrogen-bond acceptors (Lipinski definition) is 4. The molecule has 3 heterocycles. The molecular formula is C34H43N3O2. The van der Waals surface area contributed by atoms with Gasteiger partial charge in [0.1, 0.15) is 5.75 Å². The van der Waals surface area contributed by atoms with Crippen LogP contribution in [0.4, 0.5) is 5.69 Å². The minimum atomic E-state index is -0.860. The van der Waals surface area contributed by atoms with Crippen molar-refractivity contribution in [1.29, 1.82) is 0 Å². The highest BCUT2D eigenvalue weighted by Gasteiger charge is 2.49. The lowest BCUT2D eigenvalue weighted by molar-refractivity contribution is 0.0231. The van der Waals surface area contributed by atoms with E-state index in [0.717, 1.165) is 48.6 Å². The number of rotatable bonds is 12. The molecule has 0 aliphatic carbocycles. The van der Waals surface area contributed by atoms with Gasteiger partial charge in [-0.3, -0.25) is 4.98 Å². The number of pyridine rings is 1. The molecule has 5 nitrogen and oxygen atoms in total. The number of benzene rings is 2. The Labute approximate surface area is 233 Å². The molecule has 1 aliphatic rings. The van der Waals surface area contributed by atoms with E-state index in [1.54, 1.807) is 0 Å². The normalized spacial score (nSPS) is 16.5. The smallest absolute Gasteiger partial charge is 0.167 e. The van der Waals surface area contributed by atoms with E-state index in [9.17, 15) is 0 Å². The quantitative estimate of drug-likeness (QED) is 0.176. The molecule has 1 unspecified atom stereocenters. The van der Waals surface area contributed by atoms with Gasteiger partial charge in [-0.05, 0) is 58.4 Å². The molecule has 0 saturated carbocycles. The van der Waals surface area contributed by atoms with Crippen LogP contribution >= 0.6 is 0 Å². The van der Waals surface area contributed by atoms with E-state index in [-0.39, 0.29) is 0 Å². The number of unbranched alkanes of at least 4 members (excludes halogenated alkanes) is 3. The van der Waals surface area contributed by atoms with Crippen LogP contribution in [0.25, 0.3) is 10.9 Å². The maximum Gasteiger partial charge on any atom is 0.167 e. The van der Waals surface area contributed by atoms with Gasteiger partial charge in [0, 0.05) is 70.9 Å². The van der Waals surface area contributed by atoms with Gasteiger partial charge in [-0.25, -0.2) is 0 Å². The highest BCUT2D eigenvalue weighted by atomic mass is 16.5. The third-order valence-electron chi connectivity index (χ3n) is 8.30. The molecule has 2 aromatic carbocycles. The second kappa shape index (κ2) is 11.8. The summed E-state index contributed by atoms with van der Waals surface area (Å²) < 4.78 is 16.1. The van der Waals surface area contributed by atoms with Gasteiger partial charge in [0.15, 0.2) is 5.60 Å². The molecule has 4 aromatic rings. The van der Waals surface area contributed by atoms with Crippen molar-refractivity contribution in [2.24, 2.45) is 0 Å². The molecule has 0 saturated heterocycles. The van der Waals surface area contributed by atoms with Gasteiger partial charge in [-0.1, -0.05) is 50.5 Å². The summed E-state index contributed by atoms with van der Waals surface area (Å²) in [5.41, 5.74) is 7.05. The Morgan fingerprint density at radius 3 is 2.56 bits per heavy atom. The van der Waals surface area contributed by atoms with Crippen molar-refractivity contribution < 1.29 is 9.47 Å². The maximum atomic E-state index is 7.00. The fraction of sp³-hybridized carbons (Fsp3) is 0.441. The molecule has 1 atom stereocenters. The molecule has 0 N–H and O–H groups in total. The average Bonchev–Trinajstić information content (AvgIpc) is 3.48. The van der Waals surface area contributed by atoms with E-state index in [2.05, 4.69) is 92.6 Å². The first-order valence-corrected chi connectivity index (χ1v) is 14.8. The Morgan fingerprint density at radius 1 is 0.974 bits per heavy atom. The number of para-hydroxylation sites is 1. The van der Waals surface area contributed by atoms with Gasteiger partial charge in [0.25, 0.3) is 0 Å². The third kappa shape index (κ3) is 4.71. The molecule has 39 heavy (non-hydrogen) atoms. The first kappa shape index (κ1) is 27.3. The zero-order valence-corrected chi connectivity index (χ0v) is 24.3. The number of ether oxygens (including phenoxy) is 2. The predicted octanol–water partition coefficient (Wildman–Crippen LogP) is 7.99. The summed E-state index contributed by atoms with van der Waals surface area (Å²) in [5, 5.41) is 1.21. The van der Waals surface area contributed by atoms with Crippen LogP contribution in [0.5, 0.6) is 5.75 Å². The van der Waals surface area contributed by atoms with Gasteiger partial charge in [-0.2, -0.15) is 0 Å². The average molecular weight is 526 g/mol. The molecule has 2 aromatic heterocycles. The van der Waals surface area contributed by atoms with Crippen molar-refractivity contribution in [1.82, 2.24) is 9.55 Å². The van der Waals surface area contributed by atoms with Gasteiger partial charge in [-0.15, -0.1) is 0 Å². The summed E-state index contributed by atoms with van der Waals surface area (Å²) in [6.45, 7) is 15.1. The standard InChI is InChI=1S/C34H43N3O2/c1-6-10-11-14-22-38-31-23-27(36(7-2)8-3)19-20-29(31)34(33-26(24-39-34)16-15-21-35-33)32-25(5)37(9-4)30-18-13-12-17-28(30)32/h12-13,15-21,23H,6-11,14,22,24H2,1-5H3. The van der Waals surface area contributed by atoms with Crippen LogP contribution in [0.1, 0.15) is 81.5 Å². The number of aromatic nitrogens is 2. The van der Waals surface area contributed by atoms with Crippen molar-refractivity contribution in [2.75, 3.05) is 24.6 Å². The number of aryl methyl sites for hydroxylation is 1. The molecule has 1 aliphatic heterocycles. The van der Waals surface area contributed by atoms with Crippen molar-refractivity contribution in [3.05, 3.63) is 88.9 Å². The van der Waals surface area contributed by atoms with Crippen LogP contribution < -0.4 is 9.64 Å². The first-order chi connectivity index (χ1) is 19.1. The molecule has 0 fully saturated rings. The highest BCUT2D eigenvalue weighted by Crippen LogP contribution is 2.52. The predicted molar refractivity (Wildman–Crippen MR) is 161 cm³/mol. The topological polar surface area (TPSA) is 39.5 Å². The van der Waals surface area contributed by atoms with Crippen LogP contribution in [-0.2, 0) is 23.5 Å². The number of anilines is 1. The second-order valence-electron chi connectivity index (χ2n) is 10.5. The van der Waals surface area contributed by atoms with E-state index in [1.807, 2.05) is 12.3 Å². The Hall–Kier alpha value is -3.31.